The standard InChI is InChI=1S/C12H24N2/c1-9(2)8-13-11(5)7-12(6)14-10(3)4/h7,9-10,14H,8H2,1-6H3/b12-7-,13-11-. The van der Waals surface area contributed by atoms with Crippen LogP contribution in [0.3, 0.4) is 0 Å². The Kier molecular flexibility index (Phi) is 6.26. The van der Waals surface area contributed by atoms with E-state index < -0.39 is 0 Å². The lowest BCUT2D eigenvalue weighted by atomic mass is 10.2. The van der Waals surface area contributed by atoms with Gasteiger partial charge >= 0.3 is 0 Å². The number of nitrogens with zero attached hydrogens (tertiary/aromatic N) is 1. The lowest BCUT2D eigenvalue weighted by Gasteiger charge is -2.09. The number of hydrogen-bond acceptors (Lipinski definition) is 2. The predicted octanol–water partition coefficient (Wildman–Crippen LogP) is 3.01. The molecule has 0 aliphatic heterocycles. The average molecular weight is 196 g/mol. The molecule has 0 saturated heterocycles. The van der Waals surface area contributed by atoms with Crippen molar-refractivity contribution >= 4 is 5.71 Å². The Morgan fingerprint density at radius 3 is 2.21 bits per heavy atom. The lowest BCUT2D eigenvalue weighted by molar-refractivity contribution is 0.663. The van der Waals surface area contributed by atoms with E-state index in [1.807, 2.05) is 6.92 Å². The van der Waals surface area contributed by atoms with Crippen molar-refractivity contribution in [2.45, 2.75) is 47.6 Å². The van der Waals surface area contributed by atoms with Gasteiger partial charge in [0.05, 0.1) is 0 Å². The van der Waals surface area contributed by atoms with Crippen molar-refractivity contribution in [3.8, 4) is 0 Å². The lowest BCUT2D eigenvalue weighted by Crippen LogP contribution is -2.20. The largest absolute Gasteiger partial charge is 0.386 e. The second kappa shape index (κ2) is 6.63. The van der Waals surface area contributed by atoms with Gasteiger partial charge in [0.15, 0.2) is 0 Å². The normalized spacial score (nSPS) is 14.0. The van der Waals surface area contributed by atoms with Crippen LogP contribution in [-0.2, 0) is 0 Å². The minimum atomic E-state index is 0.490. The Balaban J connectivity index is 4.12. The molecule has 0 radical (unpaired) electrons. The van der Waals surface area contributed by atoms with Crippen molar-refractivity contribution in [2.75, 3.05) is 6.54 Å². The van der Waals surface area contributed by atoms with E-state index in [0.717, 1.165) is 12.3 Å². The van der Waals surface area contributed by atoms with Crippen LogP contribution in [0, 0.1) is 5.92 Å². The maximum atomic E-state index is 4.47. The van der Waals surface area contributed by atoms with Gasteiger partial charge in [-0.25, -0.2) is 0 Å². The Hall–Kier alpha value is -0.790. The van der Waals surface area contributed by atoms with Gasteiger partial charge in [-0.2, -0.15) is 0 Å². The Labute approximate surface area is 88.5 Å². The number of allylic oxidation sites excluding steroid dienone is 2. The fourth-order valence-corrected chi connectivity index (χ4v) is 1.18. The molecule has 2 heteroatoms. The third-order valence-electron chi connectivity index (χ3n) is 1.65. The highest BCUT2D eigenvalue weighted by Gasteiger charge is 1.94. The molecule has 2 nitrogen and oxygen atoms in total. The molecule has 0 bridgehead atoms. The molecule has 0 rings (SSSR count). The molecule has 82 valence electrons. The van der Waals surface area contributed by atoms with Gasteiger partial charge in [0.1, 0.15) is 0 Å². The van der Waals surface area contributed by atoms with Gasteiger partial charge in [-0.3, -0.25) is 4.99 Å². The van der Waals surface area contributed by atoms with Crippen LogP contribution >= 0.6 is 0 Å². The van der Waals surface area contributed by atoms with Crippen molar-refractivity contribution in [3.05, 3.63) is 11.8 Å². The Bertz CT molecular complexity index is 212. The maximum absolute atomic E-state index is 4.47. The molecule has 0 aromatic rings. The summed E-state index contributed by atoms with van der Waals surface area (Å²) in [6.45, 7) is 13.7. The zero-order valence-electron chi connectivity index (χ0n) is 10.4. The molecule has 0 atom stereocenters. The highest BCUT2D eigenvalue weighted by Crippen LogP contribution is 1.96. The van der Waals surface area contributed by atoms with E-state index in [2.05, 4.69) is 51.0 Å². The van der Waals surface area contributed by atoms with Crippen LogP contribution < -0.4 is 5.32 Å². The van der Waals surface area contributed by atoms with Gasteiger partial charge in [0, 0.05) is 24.0 Å². The van der Waals surface area contributed by atoms with Crippen molar-refractivity contribution in [3.63, 3.8) is 0 Å². The summed E-state index contributed by atoms with van der Waals surface area (Å²) >= 11 is 0. The van der Waals surface area contributed by atoms with Crippen molar-refractivity contribution in [1.29, 1.82) is 0 Å². The number of rotatable bonds is 5. The van der Waals surface area contributed by atoms with E-state index in [1.54, 1.807) is 0 Å². The van der Waals surface area contributed by atoms with Crippen LogP contribution in [0.2, 0.25) is 0 Å². The molecular weight excluding hydrogens is 172 g/mol. The summed E-state index contributed by atoms with van der Waals surface area (Å²) in [5.41, 5.74) is 2.29. The molecule has 0 spiro atoms. The van der Waals surface area contributed by atoms with Gasteiger partial charge in [-0.15, -0.1) is 0 Å². The van der Waals surface area contributed by atoms with Crippen LogP contribution in [0.15, 0.2) is 16.8 Å². The monoisotopic (exact) mass is 196 g/mol. The summed E-state index contributed by atoms with van der Waals surface area (Å²) in [5, 5.41) is 3.34. The smallest absolute Gasteiger partial charge is 0.0415 e. The minimum Gasteiger partial charge on any atom is -0.386 e. The van der Waals surface area contributed by atoms with Gasteiger partial charge in [-0.05, 0) is 39.7 Å². The topological polar surface area (TPSA) is 24.4 Å². The maximum Gasteiger partial charge on any atom is 0.0415 e. The van der Waals surface area contributed by atoms with E-state index in [4.69, 9.17) is 0 Å². The summed E-state index contributed by atoms with van der Waals surface area (Å²) in [5.74, 6) is 0.636. The van der Waals surface area contributed by atoms with Gasteiger partial charge in [-0.1, -0.05) is 13.8 Å². The third kappa shape index (κ3) is 7.84. The highest BCUT2D eigenvalue weighted by atomic mass is 14.9. The zero-order chi connectivity index (χ0) is 11.1. The molecule has 0 heterocycles. The first-order valence-electron chi connectivity index (χ1n) is 5.37. The second-order valence-electron chi connectivity index (χ2n) is 4.50. The summed E-state index contributed by atoms with van der Waals surface area (Å²) in [7, 11) is 0. The molecule has 0 amide bonds. The first-order chi connectivity index (χ1) is 6.41. The quantitative estimate of drug-likeness (QED) is 0.672. The second-order valence-corrected chi connectivity index (χ2v) is 4.50. The van der Waals surface area contributed by atoms with Crippen LogP contribution in [-0.4, -0.2) is 18.3 Å². The van der Waals surface area contributed by atoms with Gasteiger partial charge in [0.25, 0.3) is 0 Å². The van der Waals surface area contributed by atoms with Crippen molar-refractivity contribution in [2.24, 2.45) is 10.9 Å². The molecule has 1 N–H and O–H groups in total. The van der Waals surface area contributed by atoms with Crippen LogP contribution in [0.5, 0.6) is 0 Å². The summed E-state index contributed by atoms with van der Waals surface area (Å²) in [4.78, 5) is 4.47. The summed E-state index contributed by atoms with van der Waals surface area (Å²) in [6, 6.07) is 0.490. The third-order valence-corrected chi connectivity index (χ3v) is 1.65. The molecule has 0 aromatic carbocycles. The molecule has 0 aliphatic rings. The highest BCUT2D eigenvalue weighted by molar-refractivity contribution is 5.93. The molecule has 0 aromatic heterocycles. The van der Waals surface area contributed by atoms with Crippen molar-refractivity contribution < 1.29 is 0 Å². The Morgan fingerprint density at radius 1 is 1.21 bits per heavy atom. The average Bonchev–Trinajstić information content (AvgIpc) is 1.98. The fourth-order valence-electron chi connectivity index (χ4n) is 1.18. The first kappa shape index (κ1) is 13.2. The molecule has 0 fully saturated rings. The van der Waals surface area contributed by atoms with Crippen LogP contribution in [0.1, 0.15) is 41.5 Å². The molecule has 0 unspecified atom stereocenters. The van der Waals surface area contributed by atoms with E-state index in [-0.39, 0.29) is 0 Å². The summed E-state index contributed by atoms with van der Waals surface area (Å²) in [6.07, 6.45) is 2.10. The number of aliphatic imine (C=N–C) groups is 1. The van der Waals surface area contributed by atoms with Crippen molar-refractivity contribution in [1.82, 2.24) is 5.32 Å². The van der Waals surface area contributed by atoms with Crippen LogP contribution in [0.25, 0.3) is 0 Å². The molecule has 0 aliphatic carbocycles. The minimum absolute atomic E-state index is 0.490. The van der Waals surface area contributed by atoms with E-state index in [0.29, 0.717) is 12.0 Å². The van der Waals surface area contributed by atoms with E-state index in [9.17, 15) is 0 Å². The fraction of sp³-hybridized carbons (Fsp3) is 0.750. The molecule has 14 heavy (non-hydrogen) atoms. The van der Waals surface area contributed by atoms with Gasteiger partial charge in [0.2, 0.25) is 0 Å². The van der Waals surface area contributed by atoms with Gasteiger partial charge < -0.3 is 5.32 Å². The SMILES string of the molecule is C/C(=C/C(C)=N\CC(C)C)NC(C)C. The Morgan fingerprint density at radius 2 is 1.79 bits per heavy atom. The molecule has 0 saturated carbocycles. The predicted molar refractivity (Wildman–Crippen MR) is 64.8 cm³/mol. The van der Waals surface area contributed by atoms with Crippen LogP contribution in [0.4, 0.5) is 0 Å². The number of nitrogens with one attached hydrogen (secondary N) is 1. The molecular formula is C12H24N2. The first-order valence-corrected chi connectivity index (χ1v) is 5.37. The summed E-state index contributed by atoms with van der Waals surface area (Å²) < 4.78 is 0. The zero-order valence-corrected chi connectivity index (χ0v) is 10.4. The van der Waals surface area contributed by atoms with E-state index >= 15 is 0 Å². The number of hydrogen-bond donors (Lipinski definition) is 1. The van der Waals surface area contributed by atoms with E-state index in [1.165, 1.54) is 5.70 Å².